The van der Waals surface area contributed by atoms with Crippen LogP contribution >= 0.6 is 0 Å². The molecule has 2 rings (SSSR count). The van der Waals surface area contributed by atoms with Crippen molar-refractivity contribution in [3.63, 3.8) is 0 Å². The Kier molecular flexibility index (Phi) is 5.95. The number of rotatable bonds is 7. The molecule has 1 fully saturated rings. The lowest BCUT2D eigenvalue weighted by Crippen LogP contribution is -2.37. The minimum Gasteiger partial charge on any atom is -0.619 e. The molecule has 2 heterocycles. The van der Waals surface area contributed by atoms with E-state index < -0.39 is 0 Å². The summed E-state index contributed by atoms with van der Waals surface area (Å²) >= 11 is 0. The van der Waals surface area contributed by atoms with E-state index >= 15 is 0 Å². The van der Waals surface area contributed by atoms with Gasteiger partial charge in [-0.3, -0.25) is 4.79 Å². The number of allylic oxidation sites excluding steroid dienone is 1. The normalized spacial score (nSPS) is 19.5. The zero-order chi connectivity index (χ0) is 15.9. The number of hydrogen-bond donors (Lipinski definition) is 1. The molecule has 5 nitrogen and oxygen atoms in total. The van der Waals surface area contributed by atoms with E-state index in [4.69, 9.17) is 4.74 Å². The fraction of sp³-hybridized carbons (Fsp3) is 0.529. The fourth-order valence-electron chi connectivity index (χ4n) is 2.63. The number of carbonyl (C=O) groups is 1. The van der Waals surface area contributed by atoms with Gasteiger partial charge in [-0.2, -0.15) is 4.73 Å². The molecule has 1 N–H and O–H groups in total. The van der Waals surface area contributed by atoms with Gasteiger partial charge in [0.05, 0.1) is 0 Å². The van der Waals surface area contributed by atoms with Crippen molar-refractivity contribution in [2.45, 2.75) is 51.7 Å². The van der Waals surface area contributed by atoms with Gasteiger partial charge < -0.3 is 15.3 Å². The molecule has 1 aromatic heterocycles. The van der Waals surface area contributed by atoms with Gasteiger partial charge in [0.1, 0.15) is 6.10 Å². The summed E-state index contributed by atoms with van der Waals surface area (Å²) in [6.07, 6.45) is 9.61. The third-order valence-corrected chi connectivity index (χ3v) is 3.78. The first kappa shape index (κ1) is 16.5. The molecular weight excluding hydrogens is 280 g/mol. The Balaban J connectivity index is 2.04. The lowest BCUT2D eigenvalue weighted by molar-refractivity contribution is -0.606. The van der Waals surface area contributed by atoms with Crippen LogP contribution in [0.2, 0.25) is 0 Å². The minimum atomic E-state index is 0.00320. The first-order valence-corrected chi connectivity index (χ1v) is 7.93. The van der Waals surface area contributed by atoms with E-state index in [0.717, 1.165) is 25.8 Å². The van der Waals surface area contributed by atoms with Crippen LogP contribution in [0.1, 0.15) is 45.1 Å². The van der Waals surface area contributed by atoms with Crippen molar-refractivity contribution in [1.29, 1.82) is 0 Å². The molecule has 1 unspecified atom stereocenters. The van der Waals surface area contributed by atoms with Crippen LogP contribution in [0.5, 0.6) is 5.75 Å². The second-order valence-corrected chi connectivity index (χ2v) is 5.74. The molecule has 5 heteroatoms. The zero-order valence-corrected chi connectivity index (χ0v) is 13.2. The van der Waals surface area contributed by atoms with Crippen molar-refractivity contribution < 1.29 is 14.3 Å². The van der Waals surface area contributed by atoms with Gasteiger partial charge in [-0.25, -0.2) is 0 Å². The highest BCUT2D eigenvalue weighted by atomic mass is 16.5. The van der Waals surface area contributed by atoms with E-state index in [9.17, 15) is 10.0 Å². The smallest absolute Gasteiger partial charge is 0.222 e. The average molecular weight is 304 g/mol. The maximum Gasteiger partial charge on any atom is 0.222 e. The van der Waals surface area contributed by atoms with Crippen LogP contribution in [-0.2, 0) is 4.79 Å². The van der Waals surface area contributed by atoms with Crippen LogP contribution in [-0.4, -0.2) is 24.5 Å². The highest BCUT2D eigenvalue weighted by Crippen LogP contribution is 2.18. The first-order valence-electron chi connectivity index (χ1n) is 7.93. The molecular formula is C17H24N2O3. The number of ketones is 1. The largest absolute Gasteiger partial charge is 0.619 e. The van der Waals surface area contributed by atoms with Crippen LogP contribution < -0.4 is 14.8 Å². The second kappa shape index (κ2) is 7.94. The molecule has 0 aromatic carbocycles. The highest BCUT2D eigenvalue weighted by molar-refractivity contribution is 5.93. The van der Waals surface area contributed by atoms with E-state index in [1.165, 1.54) is 18.5 Å². The van der Waals surface area contributed by atoms with Crippen molar-refractivity contribution in [1.82, 2.24) is 5.32 Å². The number of nitrogens with zero attached hydrogens (tertiary/aromatic N) is 1. The SMILES string of the molecule is CCCC(=O)C=Cc1cc(OC(C)[C@@H]2CCCN2)c[n+]([O-])c1. The van der Waals surface area contributed by atoms with E-state index in [2.05, 4.69) is 5.32 Å². The highest BCUT2D eigenvalue weighted by Gasteiger charge is 2.22. The Morgan fingerprint density at radius 2 is 2.41 bits per heavy atom. The second-order valence-electron chi connectivity index (χ2n) is 5.74. The summed E-state index contributed by atoms with van der Waals surface area (Å²) in [6.45, 7) is 4.98. The zero-order valence-electron chi connectivity index (χ0n) is 13.2. The summed E-state index contributed by atoms with van der Waals surface area (Å²) in [5.74, 6) is 0.594. The lowest BCUT2D eigenvalue weighted by atomic mass is 10.1. The number of carbonyl (C=O) groups excluding carboxylic acids is 1. The summed E-state index contributed by atoms with van der Waals surface area (Å²) in [6, 6.07) is 2.11. The summed E-state index contributed by atoms with van der Waals surface area (Å²) < 4.78 is 6.59. The van der Waals surface area contributed by atoms with E-state index in [1.54, 1.807) is 12.1 Å². The van der Waals surface area contributed by atoms with Crippen LogP contribution in [0.15, 0.2) is 24.5 Å². The number of nitrogens with one attached hydrogen (secondary N) is 1. The lowest BCUT2D eigenvalue weighted by Gasteiger charge is -2.20. The molecule has 0 spiro atoms. The van der Waals surface area contributed by atoms with Gasteiger partial charge in [-0.15, -0.1) is 0 Å². The third-order valence-electron chi connectivity index (χ3n) is 3.78. The third kappa shape index (κ3) is 4.84. The van der Waals surface area contributed by atoms with Crippen LogP contribution in [0.3, 0.4) is 0 Å². The average Bonchev–Trinajstić information content (AvgIpc) is 2.99. The van der Waals surface area contributed by atoms with Gasteiger partial charge in [0.25, 0.3) is 0 Å². The Morgan fingerprint density at radius 1 is 1.59 bits per heavy atom. The van der Waals surface area contributed by atoms with Gasteiger partial charge >= 0.3 is 0 Å². The number of pyridine rings is 1. The molecule has 0 bridgehead atoms. The molecule has 0 radical (unpaired) electrons. The van der Waals surface area contributed by atoms with Gasteiger partial charge in [0.2, 0.25) is 6.20 Å². The topological polar surface area (TPSA) is 65.3 Å². The summed E-state index contributed by atoms with van der Waals surface area (Å²) in [5.41, 5.74) is 0.670. The van der Waals surface area contributed by atoms with Crippen molar-refractivity contribution in [3.8, 4) is 5.75 Å². The predicted molar refractivity (Wildman–Crippen MR) is 85.5 cm³/mol. The molecule has 0 aliphatic carbocycles. The number of aromatic nitrogens is 1. The van der Waals surface area contributed by atoms with Gasteiger partial charge in [-0.05, 0) is 50.9 Å². The molecule has 1 saturated heterocycles. The van der Waals surface area contributed by atoms with Crippen molar-refractivity contribution >= 4 is 11.9 Å². The summed E-state index contributed by atoms with van der Waals surface area (Å²) in [5, 5.41) is 15.1. The summed E-state index contributed by atoms with van der Waals surface area (Å²) in [4.78, 5) is 11.5. The van der Waals surface area contributed by atoms with Gasteiger partial charge in [0.15, 0.2) is 17.7 Å². The fourth-order valence-corrected chi connectivity index (χ4v) is 2.63. The van der Waals surface area contributed by atoms with Crippen molar-refractivity contribution in [2.24, 2.45) is 0 Å². The maximum atomic E-state index is 11.7. The number of ether oxygens (including phenoxy) is 1. The van der Waals surface area contributed by atoms with E-state index in [1.807, 2.05) is 13.8 Å². The maximum absolute atomic E-state index is 11.7. The van der Waals surface area contributed by atoms with E-state index in [-0.39, 0.29) is 11.9 Å². The standard InChI is InChI=1S/C17H24N2O3/c1-3-5-15(20)8-7-14-10-16(12-19(21)11-14)22-13(2)17-6-4-9-18-17/h7-8,10-13,17-18H,3-6,9H2,1-2H3/t13?,17-/m0/s1. The minimum absolute atomic E-state index is 0.00320. The molecule has 1 aliphatic heterocycles. The quantitative estimate of drug-likeness (QED) is 0.476. The van der Waals surface area contributed by atoms with Gasteiger partial charge in [-0.1, -0.05) is 6.92 Å². The molecule has 0 saturated carbocycles. The first-order chi connectivity index (χ1) is 10.6. The Labute approximate surface area is 131 Å². The molecule has 120 valence electrons. The van der Waals surface area contributed by atoms with Crippen LogP contribution in [0.4, 0.5) is 0 Å². The number of hydrogen-bond acceptors (Lipinski definition) is 4. The van der Waals surface area contributed by atoms with E-state index in [0.29, 0.717) is 28.5 Å². The molecule has 1 aliphatic rings. The Morgan fingerprint density at radius 3 is 3.09 bits per heavy atom. The monoisotopic (exact) mass is 304 g/mol. The van der Waals surface area contributed by atoms with Crippen molar-refractivity contribution in [3.05, 3.63) is 35.3 Å². The molecule has 1 aromatic rings. The van der Waals surface area contributed by atoms with Crippen molar-refractivity contribution in [2.75, 3.05) is 6.54 Å². The molecule has 22 heavy (non-hydrogen) atoms. The Hall–Kier alpha value is -1.88. The predicted octanol–water partition coefficient (Wildman–Crippen LogP) is 2.22. The van der Waals surface area contributed by atoms with Gasteiger partial charge in [0, 0.05) is 18.0 Å². The summed E-state index contributed by atoms with van der Waals surface area (Å²) in [7, 11) is 0. The molecule has 2 atom stereocenters. The van der Waals surface area contributed by atoms with Crippen LogP contribution in [0.25, 0.3) is 6.08 Å². The van der Waals surface area contributed by atoms with Crippen LogP contribution in [0, 0.1) is 5.21 Å². The molecule has 0 amide bonds. The Bertz CT molecular complexity index is 537.